The van der Waals surface area contributed by atoms with E-state index in [-0.39, 0.29) is 5.69 Å². The van der Waals surface area contributed by atoms with Crippen molar-refractivity contribution in [1.29, 1.82) is 5.39 Å². The minimum atomic E-state index is -0.451. The molecule has 0 aliphatic rings. The van der Waals surface area contributed by atoms with E-state index in [4.69, 9.17) is 5.39 Å². The molecule has 0 spiro atoms. The maximum absolute atomic E-state index is 13.0. The molecule has 0 aromatic heterocycles. The topological polar surface area (TPSA) is 28.1 Å². The highest BCUT2D eigenvalue weighted by Crippen LogP contribution is 2.24. The molecule has 56 valence electrons. The van der Waals surface area contributed by atoms with Crippen LogP contribution in [0.5, 0.6) is 0 Å². The summed E-state index contributed by atoms with van der Waals surface area (Å²) in [5.74, 6) is -0.451. The first-order chi connectivity index (χ1) is 5.16. The van der Waals surface area contributed by atoms with Crippen molar-refractivity contribution in [3.63, 3.8) is 0 Å². The Labute approximate surface area is 64.3 Å². The molecule has 0 heterocycles. The number of benzene rings is 1. The van der Waals surface area contributed by atoms with Crippen LogP contribution in [-0.2, 0) is 0 Å². The molecule has 2 nitrogen and oxygen atoms in total. The van der Waals surface area contributed by atoms with Gasteiger partial charge >= 0.3 is 5.69 Å². The molecule has 0 aliphatic heterocycles. The SMILES string of the molecule is Cc1ccc(C)c([N+]#N)c1F. The first-order valence-corrected chi connectivity index (χ1v) is 3.27. The van der Waals surface area contributed by atoms with Gasteiger partial charge in [-0.15, -0.1) is 0 Å². The number of nitrogens with zero attached hydrogens (tertiary/aromatic N) is 2. The Morgan fingerprint density at radius 1 is 1.27 bits per heavy atom. The Morgan fingerprint density at radius 3 is 2.27 bits per heavy atom. The van der Waals surface area contributed by atoms with Crippen LogP contribution >= 0.6 is 0 Å². The predicted octanol–water partition coefficient (Wildman–Crippen LogP) is 2.93. The van der Waals surface area contributed by atoms with Crippen LogP contribution in [0.3, 0.4) is 0 Å². The number of rotatable bonds is 0. The smallest absolute Gasteiger partial charge is 0.198 e. The van der Waals surface area contributed by atoms with E-state index >= 15 is 0 Å². The van der Waals surface area contributed by atoms with Crippen LogP contribution in [0, 0.1) is 25.1 Å². The van der Waals surface area contributed by atoms with Crippen molar-refractivity contribution in [3.8, 4) is 0 Å². The van der Waals surface area contributed by atoms with E-state index in [9.17, 15) is 4.39 Å². The summed E-state index contributed by atoms with van der Waals surface area (Å²) >= 11 is 0. The maximum atomic E-state index is 13.0. The van der Waals surface area contributed by atoms with E-state index in [2.05, 4.69) is 4.98 Å². The summed E-state index contributed by atoms with van der Waals surface area (Å²) in [6, 6.07) is 3.37. The van der Waals surface area contributed by atoms with Gasteiger partial charge in [0.25, 0.3) is 0 Å². The van der Waals surface area contributed by atoms with Crippen LogP contribution in [0.4, 0.5) is 10.1 Å². The van der Waals surface area contributed by atoms with Crippen molar-refractivity contribution < 1.29 is 4.39 Å². The number of hydrogen-bond donors (Lipinski definition) is 0. The van der Waals surface area contributed by atoms with Gasteiger partial charge in [0.15, 0.2) is 4.98 Å². The molecule has 0 unspecified atom stereocenters. The predicted molar refractivity (Wildman–Crippen MR) is 40.6 cm³/mol. The van der Waals surface area contributed by atoms with Crippen molar-refractivity contribution in [3.05, 3.63) is 34.1 Å². The maximum Gasteiger partial charge on any atom is 0.423 e. The zero-order valence-corrected chi connectivity index (χ0v) is 6.43. The van der Waals surface area contributed by atoms with E-state index < -0.39 is 5.82 Å². The Bertz CT molecular complexity index is 326. The first-order valence-electron chi connectivity index (χ1n) is 3.27. The highest BCUT2D eigenvalue weighted by Gasteiger charge is 2.18. The molecular weight excluding hydrogens is 143 g/mol. The van der Waals surface area contributed by atoms with Gasteiger partial charge in [0.1, 0.15) is 0 Å². The van der Waals surface area contributed by atoms with E-state index in [0.29, 0.717) is 11.1 Å². The molecule has 0 fully saturated rings. The monoisotopic (exact) mass is 151 g/mol. The Balaban J connectivity index is 3.44. The molecule has 0 radical (unpaired) electrons. The molecule has 1 rings (SSSR count). The summed E-state index contributed by atoms with van der Waals surface area (Å²) in [5, 5.41) is 8.41. The molecule has 0 bridgehead atoms. The van der Waals surface area contributed by atoms with E-state index in [1.54, 1.807) is 26.0 Å². The lowest BCUT2D eigenvalue weighted by Crippen LogP contribution is -1.84. The zero-order valence-electron chi connectivity index (χ0n) is 6.43. The molecule has 0 atom stereocenters. The fourth-order valence-electron chi connectivity index (χ4n) is 0.885. The summed E-state index contributed by atoms with van der Waals surface area (Å²) in [5.41, 5.74) is 1.16. The third kappa shape index (κ3) is 1.20. The molecule has 11 heavy (non-hydrogen) atoms. The second-order valence-electron chi connectivity index (χ2n) is 2.46. The van der Waals surface area contributed by atoms with E-state index in [1.807, 2.05) is 0 Å². The van der Waals surface area contributed by atoms with Gasteiger partial charge in [-0.2, -0.15) is 4.39 Å². The molecule has 0 saturated heterocycles. The molecule has 0 amide bonds. The Hall–Kier alpha value is -1.43. The lowest BCUT2D eigenvalue weighted by Gasteiger charge is -1.92. The highest BCUT2D eigenvalue weighted by molar-refractivity contribution is 5.54. The third-order valence-corrected chi connectivity index (χ3v) is 1.61. The van der Waals surface area contributed by atoms with Gasteiger partial charge in [-0.3, -0.25) is 0 Å². The van der Waals surface area contributed by atoms with Crippen molar-refractivity contribution in [2.24, 2.45) is 0 Å². The van der Waals surface area contributed by atoms with Crippen LogP contribution in [-0.4, -0.2) is 0 Å². The van der Waals surface area contributed by atoms with Gasteiger partial charge in [0, 0.05) is 5.56 Å². The van der Waals surface area contributed by atoms with E-state index in [0.717, 1.165) is 0 Å². The van der Waals surface area contributed by atoms with Crippen molar-refractivity contribution in [2.75, 3.05) is 0 Å². The van der Waals surface area contributed by atoms with Crippen LogP contribution in [0.25, 0.3) is 4.98 Å². The second-order valence-corrected chi connectivity index (χ2v) is 2.46. The largest absolute Gasteiger partial charge is 0.423 e. The minimum Gasteiger partial charge on any atom is -0.198 e. The molecule has 0 N–H and O–H groups in total. The summed E-state index contributed by atoms with van der Waals surface area (Å²) in [6.45, 7) is 3.32. The first kappa shape index (κ1) is 7.67. The third-order valence-electron chi connectivity index (χ3n) is 1.61. The van der Waals surface area contributed by atoms with Crippen LogP contribution in [0.15, 0.2) is 12.1 Å². The normalized spacial score (nSPS) is 9.27. The van der Waals surface area contributed by atoms with Crippen molar-refractivity contribution in [1.82, 2.24) is 0 Å². The number of diazo groups is 1. The minimum absolute atomic E-state index is 0.0324. The van der Waals surface area contributed by atoms with Gasteiger partial charge in [0.05, 0.1) is 0 Å². The van der Waals surface area contributed by atoms with Gasteiger partial charge in [-0.05, 0) is 19.4 Å². The van der Waals surface area contributed by atoms with Gasteiger partial charge in [-0.1, -0.05) is 12.1 Å². The average molecular weight is 151 g/mol. The molecule has 0 saturated carbocycles. The van der Waals surface area contributed by atoms with Crippen LogP contribution in [0.1, 0.15) is 11.1 Å². The van der Waals surface area contributed by atoms with Gasteiger partial charge in [-0.25, -0.2) is 0 Å². The fourth-order valence-corrected chi connectivity index (χ4v) is 0.885. The number of aryl methyl sites for hydroxylation is 2. The number of hydrogen-bond acceptors (Lipinski definition) is 1. The lowest BCUT2D eigenvalue weighted by molar-refractivity contribution is 0.623. The molecule has 0 aliphatic carbocycles. The molecule has 1 aromatic carbocycles. The molecule has 3 heteroatoms. The Kier molecular flexibility index (Phi) is 1.86. The second kappa shape index (κ2) is 2.67. The fraction of sp³-hybridized carbons (Fsp3) is 0.250. The van der Waals surface area contributed by atoms with Crippen LogP contribution in [0.2, 0.25) is 0 Å². The van der Waals surface area contributed by atoms with Crippen molar-refractivity contribution >= 4 is 5.69 Å². The van der Waals surface area contributed by atoms with Crippen molar-refractivity contribution in [2.45, 2.75) is 13.8 Å². The average Bonchev–Trinajstić information content (AvgIpc) is 1.99. The summed E-state index contributed by atoms with van der Waals surface area (Å²) in [7, 11) is 0. The zero-order chi connectivity index (χ0) is 8.43. The standard InChI is InChI=1S/C8H8FN2/c1-5-3-4-6(2)8(11-10)7(5)9/h3-4H,1-2H3/q+1. The van der Waals surface area contributed by atoms with Gasteiger partial charge < -0.3 is 0 Å². The van der Waals surface area contributed by atoms with Gasteiger partial charge in [0.2, 0.25) is 11.2 Å². The molecular formula is C8H8FN2+. The van der Waals surface area contributed by atoms with Crippen LogP contribution < -0.4 is 0 Å². The lowest BCUT2D eigenvalue weighted by atomic mass is 10.1. The van der Waals surface area contributed by atoms with E-state index in [1.165, 1.54) is 0 Å². The highest BCUT2D eigenvalue weighted by atomic mass is 19.1. The quantitative estimate of drug-likeness (QED) is 0.524. The summed E-state index contributed by atoms with van der Waals surface area (Å²) in [4.78, 5) is 2.86. The Morgan fingerprint density at radius 2 is 1.82 bits per heavy atom. The summed E-state index contributed by atoms with van der Waals surface area (Å²) in [6.07, 6.45) is 0. The number of halogens is 1. The summed E-state index contributed by atoms with van der Waals surface area (Å²) < 4.78 is 13.0. The molecule has 1 aromatic rings.